The molecule has 1 fully saturated rings. The monoisotopic (exact) mass is 267 g/mol. The van der Waals surface area contributed by atoms with Crippen molar-refractivity contribution in [3.8, 4) is 5.75 Å². The summed E-state index contributed by atoms with van der Waals surface area (Å²) in [7, 11) is 1.71. The molecule has 1 aliphatic rings. The fourth-order valence-electron chi connectivity index (χ4n) is 3.35. The first-order valence-corrected chi connectivity index (χ1v) is 6.98. The minimum atomic E-state index is 0.106. The third kappa shape index (κ3) is 2.02. The maximum Gasteiger partial charge on any atom is 0.126 e. The summed E-state index contributed by atoms with van der Waals surface area (Å²) in [5, 5.41) is 0.784. The number of hydrogen-bond acceptors (Lipinski definition) is 2. The van der Waals surface area contributed by atoms with Gasteiger partial charge in [0.2, 0.25) is 0 Å². The van der Waals surface area contributed by atoms with Gasteiger partial charge >= 0.3 is 0 Å². The predicted molar refractivity (Wildman–Crippen MR) is 76.7 cm³/mol. The lowest BCUT2D eigenvalue weighted by molar-refractivity contribution is 0.400. The van der Waals surface area contributed by atoms with Gasteiger partial charge in [0.15, 0.2) is 0 Å². The molecule has 0 amide bonds. The van der Waals surface area contributed by atoms with Crippen LogP contribution in [-0.2, 0) is 5.41 Å². The van der Waals surface area contributed by atoms with Crippen LogP contribution < -0.4 is 10.5 Å². The standard InChI is InChI=1S/C15H22ClNO/c1-10-12(15(9-17)6-4-5-7-15)8-13(16)11(2)14(10)18-3/h8H,4-7,9,17H2,1-3H3. The molecule has 0 unspecified atom stereocenters. The first kappa shape index (κ1) is 13.7. The van der Waals surface area contributed by atoms with Crippen molar-refractivity contribution in [3.05, 3.63) is 27.8 Å². The molecule has 0 saturated heterocycles. The lowest BCUT2D eigenvalue weighted by atomic mass is 9.76. The molecule has 0 heterocycles. The molecule has 0 aliphatic heterocycles. The number of hydrogen-bond donors (Lipinski definition) is 1. The van der Waals surface area contributed by atoms with Crippen molar-refractivity contribution in [2.24, 2.45) is 5.73 Å². The molecular weight excluding hydrogens is 246 g/mol. The van der Waals surface area contributed by atoms with E-state index in [1.807, 2.05) is 6.92 Å². The Bertz CT molecular complexity index is 450. The normalized spacial score (nSPS) is 18.1. The number of methoxy groups -OCH3 is 1. The van der Waals surface area contributed by atoms with Gasteiger partial charge in [0.05, 0.1) is 7.11 Å². The summed E-state index contributed by atoms with van der Waals surface area (Å²) in [5.74, 6) is 0.914. The van der Waals surface area contributed by atoms with Gasteiger partial charge in [0.1, 0.15) is 5.75 Å². The van der Waals surface area contributed by atoms with E-state index in [4.69, 9.17) is 22.1 Å². The quantitative estimate of drug-likeness (QED) is 0.906. The van der Waals surface area contributed by atoms with Crippen molar-refractivity contribution in [3.63, 3.8) is 0 Å². The maximum atomic E-state index is 6.35. The van der Waals surface area contributed by atoms with Gasteiger partial charge in [0, 0.05) is 22.5 Å². The van der Waals surface area contributed by atoms with Crippen LogP contribution >= 0.6 is 11.6 Å². The summed E-state index contributed by atoms with van der Waals surface area (Å²) in [6.45, 7) is 4.81. The van der Waals surface area contributed by atoms with E-state index >= 15 is 0 Å². The number of nitrogens with two attached hydrogens (primary N) is 1. The first-order valence-electron chi connectivity index (χ1n) is 6.60. The molecule has 3 heteroatoms. The lowest BCUT2D eigenvalue weighted by Gasteiger charge is -2.31. The summed E-state index contributed by atoms with van der Waals surface area (Å²) >= 11 is 6.35. The van der Waals surface area contributed by atoms with E-state index in [9.17, 15) is 0 Å². The molecular formula is C15H22ClNO. The van der Waals surface area contributed by atoms with Gasteiger partial charge in [-0.15, -0.1) is 0 Å². The van der Waals surface area contributed by atoms with E-state index in [2.05, 4.69) is 13.0 Å². The second kappa shape index (κ2) is 5.10. The highest BCUT2D eigenvalue weighted by atomic mass is 35.5. The summed E-state index contributed by atoms with van der Waals surface area (Å²) in [5.41, 5.74) is 9.68. The molecule has 2 nitrogen and oxygen atoms in total. The molecule has 1 aromatic carbocycles. The van der Waals surface area contributed by atoms with Crippen molar-refractivity contribution in [1.29, 1.82) is 0 Å². The van der Waals surface area contributed by atoms with Gasteiger partial charge in [-0.05, 0) is 43.9 Å². The minimum absolute atomic E-state index is 0.106. The second-order valence-corrected chi connectivity index (χ2v) is 5.79. The van der Waals surface area contributed by atoms with E-state index < -0.39 is 0 Å². The van der Waals surface area contributed by atoms with Crippen molar-refractivity contribution in [2.75, 3.05) is 13.7 Å². The zero-order valence-corrected chi connectivity index (χ0v) is 12.2. The fourth-order valence-corrected chi connectivity index (χ4v) is 3.54. The van der Waals surface area contributed by atoms with Gasteiger partial charge in [0.25, 0.3) is 0 Å². The van der Waals surface area contributed by atoms with Crippen LogP contribution in [0, 0.1) is 13.8 Å². The van der Waals surface area contributed by atoms with Crippen LogP contribution in [0.4, 0.5) is 0 Å². The molecule has 0 atom stereocenters. The Balaban J connectivity index is 2.60. The van der Waals surface area contributed by atoms with E-state index in [0.717, 1.165) is 29.2 Å². The fraction of sp³-hybridized carbons (Fsp3) is 0.600. The molecule has 1 saturated carbocycles. The van der Waals surface area contributed by atoms with Crippen LogP contribution in [0.2, 0.25) is 5.02 Å². The molecule has 2 rings (SSSR count). The smallest absolute Gasteiger partial charge is 0.126 e. The highest BCUT2D eigenvalue weighted by Gasteiger charge is 2.36. The third-order valence-electron chi connectivity index (χ3n) is 4.44. The summed E-state index contributed by atoms with van der Waals surface area (Å²) in [4.78, 5) is 0. The highest BCUT2D eigenvalue weighted by Crippen LogP contribution is 2.45. The molecule has 1 aliphatic carbocycles. The third-order valence-corrected chi connectivity index (χ3v) is 4.83. The Kier molecular flexibility index (Phi) is 3.88. The van der Waals surface area contributed by atoms with Crippen LogP contribution in [-0.4, -0.2) is 13.7 Å². The first-order chi connectivity index (χ1) is 8.55. The maximum absolute atomic E-state index is 6.35. The SMILES string of the molecule is COc1c(C)c(Cl)cc(C2(CN)CCCC2)c1C. The zero-order chi connectivity index (χ0) is 13.3. The molecule has 18 heavy (non-hydrogen) atoms. The van der Waals surface area contributed by atoms with Gasteiger partial charge in [-0.3, -0.25) is 0 Å². The molecule has 0 radical (unpaired) electrons. The number of rotatable bonds is 3. The van der Waals surface area contributed by atoms with Crippen LogP contribution in [0.25, 0.3) is 0 Å². The van der Waals surface area contributed by atoms with Gasteiger partial charge < -0.3 is 10.5 Å². The molecule has 100 valence electrons. The average molecular weight is 268 g/mol. The number of benzene rings is 1. The Morgan fingerprint density at radius 2 is 1.89 bits per heavy atom. The predicted octanol–water partition coefficient (Wildman–Crippen LogP) is 3.74. The molecule has 2 N–H and O–H groups in total. The van der Waals surface area contributed by atoms with Crippen LogP contribution in [0.15, 0.2) is 6.07 Å². The molecule has 0 aromatic heterocycles. The van der Waals surface area contributed by atoms with E-state index in [1.54, 1.807) is 7.11 Å². The Hall–Kier alpha value is -0.730. The second-order valence-electron chi connectivity index (χ2n) is 5.38. The number of halogens is 1. The lowest BCUT2D eigenvalue weighted by Crippen LogP contribution is -2.33. The molecule has 1 aromatic rings. The van der Waals surface area contributed by atoms with Crippen LogP contribution in [0.3, 0.4) is 0 Å². The van der Waals surface area contributed by atoms with E-state index in [-0.39, 0.29) is 5.41 Å². The van der Waals surface area contributed by atoms with Crippen molar-refractivity contribution in [1.82, 2.24) is 0 Å². The Morgan fingerprint density at radius 3 is 2.39 bits per heavy atom. The number of ether oxygens (including phenoxy) is 1. The van der Waals surface area contributed by atoms with E-state index in [1.165, 1.54) is 24.0 Å². The highest BCUT2D eigenvalue weighted by molar-refractivity contribution is 6.31. The zero-order valence-electron chi connectivity index (χ0n) is 11.5. The molecule has 0 spiro atoms. The van der Waals surface area contributed by atoms with Crippen LogP contribution in [0.1, 0.15) is 42.4 Å². The minimum Gasteiger partial charge on any atom is -0.496 e. The van der Waals surface area contributed by atoms with Crippen molar-refractivity contribution in [2.45, 2.75) is 44.9 Å². The summed E-state index contributed by atoms with van der Waals surface area (Å²) < 4.78 is 5.52. The van der Waals surface area contributed by atoms with Crippen molar-refractivity contribution >= 4 is 11.6 Å². The average Bonchev–Trinajstić information content (AvgIpc) is 2.84. The van der Waals surface area contributed by atoms with E-state index in [0.29, 0.717) is 6.54 Å². The largest absolute Gasteiger partial charge is 0.496 e. The summed E-state index contributed by atoms with van der Waals surface area (Å²) in [6.07, 6.45) is 4.83. The van der Waals surface area contributed by atoms with Crippen LogP contribution in [0.5, 0.6) is 5.75 Å². The van der Waals surface area contributed by atoms with Gasteiger partial charge in [-0.2, -0.15) is 0 Å². The Labute approximate surface area is 114 Å². The molecule has 0 bridgehead atoms. The van der Waals surface area contributed by atoms with Gasteiger partial charge in [-0.1, -0.05) is 24.4 Å². The summed E-state index contributed by atoms with van der Waals surface area (Å²) in [6, 6.07) is 2.10. The van der Waals surface area contributed by atoms with Crippen molar-refractivity contribution < 1.29 is 4.74 Å². The van der Waals surface area contributed by atoms with Gasteiger partial charge in [-0.25, -0.2) is 0 Å². The topological polar surface area (TPSA) is 35.2 Å². The Morgan fingerprint density at radius 1 is 1.28 bits per heavy atom.